The Hall–Kier alpha value is -2.19. The fourth-order valence-corrected chi connectivity index (χ4v) is 3.09. The number of hydrogen-bond acceptors (Lipinski definition) is 8. The van der Waals surface area contributed by atoms with E-state index in [-0.39, 0.29) is 6.04 Å². The number of rotatable bonds is 3. The van der Waals surface area contributed by atoms with Gasteiger partial charge in [0.05, 0.1) is 11.9 Å². The lowest BCUT2D eigenvalue weighted by molar-refractivity contribution is 0.0705. The Bertz CT molecular complexity index is 719. The molecule has 2 aromatic heterocycles. The smallest absolute Gasteiger partial charge is 0.245 e. The maximum Gasteiger partial charge on any atom is 0.245 e. The van der Waals surface area contributed by atoms with Crippen LogP contribution in [0.5, 0.6) is 11.5 Å². The van der Waals surface area contributed by atoms with Gasteiger partial charge in [-0.15, -0.1) is 0 Å². The van der Waals surface area contributed by atoms with Crippen molar-refractivity contribution < 1.29 is 14.0 Å². The van der Waals surface area contributed by atoms with Gasteiger partial charge in [-0.1, -0.05) is 5.16 Å². The molecule has 0 amide bonds. The van der Waals surface area contributed by atoms with Crippen molar-refractivity contribution >= 4 is 0 Å². The Morgan fingerprint density at radius 3 is 2.83 bits per heavy atom. The van der Waals surface area contributed by atoms with Gasteiger partial charge in [0, 0.05) is 32.2 Å². The highest BCUT2D eigenvalue weighted by Gasteiger charge is 2.30. The SMILES string of the molecule is Cc1noc([C@H]2CN(Cc3cc4c(cn3)OCCO4)CCN2C)n1. The molecule has 0 aliphatic carbocycles. The molecule has 0 spiro atoms. The van der Waals surface area contributed by atoms with E-state index in [1.165, 1.54) is 0 Å². The van der Waals surface area contributed by atoms with Crippen LogP contribution in [0.2, 0.25) is 0 Å². The first-order valence-electron chi connectivity index (χ1n) is 8.16. The predicted octanol–water partition coefficient (Wildman–Crippen LogP) is 1.03. The van der Waals surface area contributed by atoms with Crippen LogP contribution in [0.25, 0.3) is 0 Å². The molecule has 24 heavy (non-hydrogen) atoms. The van der Waals surface area contributed by atoms with Gasteiger partial charge in [-0.3, -0.25) is 14.8 Å². The first-order valence-corrected chi connectivity index (χ1v) is 8.16. The van der Waals surface area contributed by atoms with Gasteiger partial charge < -0.3 is 14.0 Å². The summed E-state index contributed by atoms with van der Waals surface area (Å²) in [5.74, 6) is 2.85. The first-order chi connectivity index (χ1) is 11.7. The Labute approximate surface area is 140 Å². The van der Waals surface area contributed by atoms with E-state index in [0.29, 0.717) is 24.9 Å². The average Bonchev–Trinajstić information content (AvgIpc) is 3.03. The number of likely N-dealkylation sites (N-methyl/N-ethyl adjacent to an activating group) is 1. The molecule has 0 bridgehead atoms. The Morgan fingerprint density at radius 2 is 2.04 bits per heavy atom. The summed E-state index contributed by atoms with van der Waals surface area (Å²) in [4.78, 5) is 13.5. The van der Waals surface area contributed by atoms with Crippen molar-refractivity contribution in [3.8, 4) is 11.5 Å². The maximum atomic E-state index is 5.64. The minimum absolute atomic E-state index is 0.108. The number of aromatic nitrogens is 3. The van der Waals surface area contributed by atoms with Gasteiger partial charge in [-0.2, -0.15) is 4.98 Å². The summed E-state index contributed by atoms with van der Waals surface area (Å²) in [5.41, 5.74) is 0.976. The van der Waals surface area contributed by atoms with Crippen LogP contribution >= 0.6 is 0 Å². The van der Waals surface area contributed by atoms with Crippen LogP contribution in [0.3, 0.4) is 0 Å². The lowest BCUT2D eigenvalue weighted by Crippen LogP contribution is -2.46. The van der Waals surface area contributed by atoms with Crippen LogP contribution < -0.4 is 9.47 Å². The molecule has 8 heteroatoms. The second-order valence-corrected chi connectivity index (χ2v) is 6.23. The molecule has 1 fully saturated rings. The minimum atomic E-state index is 0.108. The van der Waals surface area contributed by atoms with E-state index in [1.807, 2.05) is 13.0 Å². The Balaban J connectivity index is 1.46. The van der Waals surface area contributed by atoms with Gasteiger partial charge in [0.2, 0.25) is 5.89 Å². The normalized spacial score (nSPS) is 21.8. The summed E-state index contributed by atoms with van der Waals surface area (Å²) in [6.45, 7) is 6.50. The summed E-state index contributed by atoms with van der Waals surface area (Å²) in [7, 11) is 2.09. The van der Waals surface area contributed by atoms with Crippen molar-refractivity contribution in [1.82, 2.24) is 24.9 Å². The van der Waals surface area contributed by atoms with E-state index in [2.05, 4.69) is 32.0 Å². The van der Waals surface area contributed by atoms with E-state index in [1.54, 1.807) is 6.20 Å². The highest BCUT2D eigenvalue weighted by molar-refractivity contribution is 5.39. The molecule has 0 radical (unpaired) electrons. The zero-order valence-electron chi connectivity index (χ0n) is 13.9. The van der Waals surface area contributed by atoms with Crippen molar-refractivity contribution in [2.45, 2.75) is 19.5 Å². The third-order valence-corrected chi connectivity index (χ3v) is 4.43. The third kappa shape index (κ3) is 3.07. The van der Waals surface area contributed by atoms with Crippen LogP contribution in [-0.2, 0) is 6.54 Å². The Kier molecular flexibility index (Phi) is 4.07. The maximum absolute atomic E-state index is 5.64. The molecule has 0 saturated carbocycles. The van der Waals surface area contributed by atoms with Gasteiger partial charge >= 0.3 is 0 Å². The minimum Gasteiger partial charge on any atom is -0.486 e. The van der Waals surface area contributed by atoms with E-state index >= 15 is 0 Å². The van der Waals surface area contributed by atoms with E-state index in [9.17, 15) is 0 Å². The molecule has 0 aromatic carbocycles. The predicted molar refractivity (Wildman–Crippen MR) is 84.9 cm³/mol. The monoisotopic (exact) mass is 331 g/mol. The van der Waals surface area contributed by atoms with Crippen LogP contribution in [0.15, 0.2) is 16.8 Å². The van der Waals surface area contributed by atoms with Gasteiger partial charge in [0.25, 0.3) is 0 Å². The molecule has 2 aliphatic heterocycles. The van der Waals surface area contributed by atoms with E-state index in [4.69, 9.17) is 14.0 Å². The molecule has 1 saturated heterocycles. The average molecular weight is 331 g/mol. The van der Waals surface area contributed by atoms with Crippen molar-refractivity contribution in [1.29, 1.82) is 0 Å². The lowest BCUT2D eigenvalue weighted by atomic mass is 10.1. The molecule has 0 unspecified atom stereocenters. The van der Waals surface area contributed by atoms with Crippen LogP contribution in [0.4, 0.5) is 0 Å². The quantitative estimate of drug-likeness (QED) is 0.825. The zero-order chi connectivity index (χ0) is 16.5. The van der Waals surface area contributed by atoms with Gasteiger partial charge in [-0.05, 0) is 14.0 Å². The summed E-state index contributed by atoms with van der Waals surface area (Å²) in [5, 5.41) is 3.91. The number of ether oxygens (including phenoxy) is 2. The number of nitrogens with zero attached hydrogens (tertiary/aromatic N) is 5. The summed E-state index contributed by atoms with van der Waals surface area (Å²) >= 11 is 0. The Morgan fingerprint density at radius 1 is 1.21 bits per heavy atom. The number of hydrogen-bond donors (Lipinski definition) is 0. The topological polar surface area (TPSA) is 76.8 Å². The number of fused-ring (bicyclic) bond motifs is 1. The number of piperazine rings is 1. The molecule has 1 atom stereocenters. The van der Waals surface area contributed by atoms with Gasteiger partial charge in [-0.25, -0.2) is 0 Å². The zero-order valence-corrected chi connectivity index (χ0v) is 13.9. The van der Waals surface area contributed by atoms with Gasteiger partial charge in [0.1, 0.15) is 19.3 Å². The van der Waals surface area contributed by atoms with E-state index < -0.39 is 0 Å². The van der Waals surface area contributed by atoms with Gasteiger partial charge in [0.15, 0.2) is 17.3 Å². The molecule has 0 N–H and O–H groups in total. The van der Waals surface area contributed by atoms with Crippen molar-refractivity contribution in [2.75, 3.05) is 39.9 Å². The first kappa shape index (κ1) is 15.3. The highest BCUT2D eigenvalue weighted by Crippen LogP contribution is 2.30. The standard InChI is InChI=1S/C16H21N5O3/c1-11-18-16(24-19-11)13-10-21(4-3-20(13)2)9-12-7-14-15(8-17-12)23-6-5-22-14/h7-8,13H,3-6,9-10H2,1-2H3/t13-/m1/s1. The lowest BCUT2D eigenvalue weighted by Gasteiger charge is -2.37. The molecule has 128 valence electrons. The molecule has 2 aromatic rings. The fourth-order valence-electron chi connectivity index (χ4n) is 3.09. The van der Waals surface area contributed by atoms with Crippen LogP contribution in [-0.4, -0.2) is 64.8 Å². The van der Waals surface area contributed by atoms with Crippen molar-refractivity contribution in [3.63, 3.8) is 0 Å². The molecular weight excluding hydrogens is 310 g/mol. The number of pyridine rings is 1. The third-order valence-electron chi connectivity index (χ3n) is 4.43. The fraction of sp³-hybridized carbons (Fsp3) is 0.562. The van der Waals surface area contributed by atoms with Crippen molar-refractivity contribution in [2.24, 2.45) is 0 Å². The molecule has 4 heterocycles. The van der Waals surface area contributed by atoms with Crippen LogP contribution in [0.1, 0.15) is 23.5 Å². The molecular formula is C16H21N5O3. The largest absolute Gasteiger partial charge is 0.486 e. The summed E-state index contributed by atoms with van der Waals surface area (Å²) in [6, 6.07) is 2.08. The summed E-state index contributed by atoms with van der Waals surface area (Å²) < 4.78 is 16.5. The highest BCUT2D eigenvalue weighted by atomic mass is 16.6. The molecule has 8 nitrogen and oxygen atoms in total. The number of aryl methyl sites for hydroxylation is 1. The van der Waals surface area contributed by atoms with E-state index in [0.717, 1.165) is 43.4 Å². The molecule has 2 aliphatic rings. The van der Waals surface area contributed by atoms with Crippen LogP contribution in [0, 0.1) is 6.92 Å². The second kappa shape index (κ2) is 6.37. The van der Waals surface area contributed by atoms with Crippen molar-refractivity contribution in [3.05, 3.63) is 29.7 Å². The molecule has 4 rings (SSSR count). The second-order valence-electron chi connectivity index (χ2n) is 6.23. The summed E-state index contributed by atoms with van der Waals surface area (Å²) in [6.07, 6.45) is 1.75.